The van der Waals surface area contributed by atoms with Crippen LogP contribution < -0.4 is 4.74 Å². The molecule has 0 bridgehead atoms. The minimum Gasteiger partial charge on any atom is -0.488 e. The SMILES string of the molecule is CC(CCC(=O)O)Oc1cc(Br)ccc1F. The van der Waals surface area contributed by atoms with Crippen LogP contribution in [0.25, 0.3) is 0 Å². The summed E-state index contributed by atoms with van der Waals surface area (Å²) >= 11 is 3.21. The lowest BCUT2D eigenvalue weighted by Crippen LogP contribution is -2.14. The molecule has 0 saturated heterocycles. The minimum absolute atomic E-state index is 0.0107. The molecule has 0 aromatic heterocycles. The number of hydrogen-bond donors (Lipinski definition) is 1. The summed E-state index contributed by atoms with van der Waals surface area (Å²) in [6.07, 6.45) is 0.0258. The molecule has 1 rings (SSSR count). The number of carboxylic acid groups (broad SMARTS) is 1. The second kappa shape index (κ2) is 5.84. The van der Waals surface area contributed by atoms with Gasteiger partial charge in [-0.2, -0.15) is 0 Å². The normalized spacial score (nSPS) is 12.2. The van der Waals surface area contributed by atoms with Gasteiger partial charge < -0.3 is 9.84 Å². The Morgan fingerprint density at radius 2 is 2.31 bits per heavy atom. The smallest absolute Gasteiger partial charge is 0.303 e. The first-order chi connectivity index (χ1) is 7.49. The summed E-state index contributed by atoms with van der Waals surface area (Å²) in [5.41, 5.74) is 0. The van der Waals surface area contributed by atoms with Crippen LogP contribution in [0.2, 0.25) is 0 Å². The summed E-state index contributed by atoms with van der Waals surface area (Å²) in [5.74, 6) is -1.21. The van der Waals surface area contributed by atoms with Gasteiger partial charge in [0, 0.05) is 10.9 Å². The van der Waals surface area contributed by atoms with Gasteiger partial charge in [-0.05, 0) is 31.5 Å². The van der Waals surface area contributed by atoms with Crippen LogP contribution in [-0.4, -0.2) is 17.2 Å². The highest BCUT2D eigenvalue weighted by molar-refractivity contribution is 9.10. The lowest BCUT2D eigenvalue weighted by Gasteiger charge is -2.14. The molecule has 5 heteroatoms. The fourth-order valence-electron chi connectivity index (χ4n) is 1.17. The summed E-state index contributed by atoms with van der Waals surface area (Å²) in [5, 5.41) is 8.49. The first-order valence-corrected chi connectivity index (χ1v) is 5.62. The molecular weight excluding hydrogens is 279 g/mol. The third-order valence-corrected chi connectivity index (χ3v) is 2.48. The van der Waals surface area contributed by atoms with Gasteiger partial charge in [-0.15, -0.1) is 0 Å². The summed E-state index contributed by atoms with van der Waals surface area (Å²) in [6.45, 7) is 1.71. The Hall–Kier alpha value is -1.10. The van der Waals surface area contributed by atoms with E-state index < -0.39 is 11.8 Å². The van der Waals surface area contributed by atoms with Crippen molar-refractivity contribution in [3.05, 3.63) is 28.5 Å². The molecule has 0 aliphatic heterocycles. The minimum atomic E-state index is -0.884. The molecular formula is C11H12BrFO3. The van der Waals surface area contributed by atoms with Gasteiger partial charge in [-0.1, -0.05) is 15.9 Å². The van der Waals surface area contributed by atoms with Crippen LogP contribution in [0, 0.1) is 5.82 Å². The molecule has 0 spiro atoms. The van der Waals surface area contributed by atoms with Crippen molar-refractivity contribution in [1.82, 2.24) is 0 Å². The maximum atomic E-state index is 13.3. The van der Waals surface area contributed by atoms with Crippen molar-refractivity contribution in [2.24, 2.45) is 0 Å². The Labute approximate surface area is 101 Å². The molecule has 0 aliphatic rings. The zero-order chi connectivity index (χ0) is 12.1. The summed E-state index contributed by atoms with van der Waals surface area (Å²) < 4.78 is 19.3. The lowest BCUT2D eigenvalue weighted by atomic mass is 10.2. The van der Waals surface area contributed by atoms with Gasteiger partial charge in [-0.3, -0.25) is 4.79 Å². The molecule has 0 heterocycles. The van der Waals surface area contributed by atoms with Crippen molar-refractivity contribution in [1.29, 1.82) is 0 Å². The van der Waals surface area contributed by atoms with Crippen LogP contribution >= 0.6 is 15.9 Å². The molecule has 0 amide bonds. The quantitative estimate of drug-likeness (QED) is 0.906. The van der Waals surface area contributed by atoms with Crippen LogP contribution in [0.4, 0.5) is 4.39 Å². The fraction of sp³-hybridized carbons (Fsp3) is 0.364. The predicted octanol–water partition coefficient (Wildman–Crippen LogP) is 3.22. The summed E-state index contributed by atoms with van der Waals surface area (Å²) in [6, 6.07) is 4.39. The number of halogens is 2. The van der Waals surface area contributed by atoms with Gasteiger partial charge >= 0.3 is 5.97 Å². The number of aliphatic carboxylic acids is 1. The average Bonchev–Trinajstić information content (AvgIpc) is 2.20. The molecule has 1 atom stereocenters. The van der Waals surface area contributed by atoms with E-state index in [1.54, 1.807) is 13.0 Å². The second-order valence-corrected chi connectivity index (χ2v) is 4.35. The molecule has 1 unspecified atom stereocenters. The number of carbonyl (C=O) groups is 1. The van der Waals surface area contributed by atoms with Crippen molar-refractivity contribution in [2.45, 2.75) is 25.9 Å². The number of rotatable bonds is 5. The van der Waals surface area contributed by atoms with Crippen molar-refractivity contribution in [3.8, 4) is 5.75 Å². The zero-order valence-corrected chi connectivity index (χ0v) is 10.3. The Bertz CT molecular complexity index is 381. The molecule has 1 N–H and O–H groups in total. The first kappa shape index (κ1) is 13.0. The van der Waals surface area contributed by atoms with Crippen LogP contribution in [0.5, 0.6) is 5.75 Å². The number of benzene rings is 1. The van der Waals surface area contributed by atoms with Gasteiger partial charge in [0.1, 0.15) is 0 Å². The molecule has 1 aromatic rings. The summed E-state index contributed by atoms with van der Waals surface area (Å²) in [4.78, 5) is 10.3. The van der Waals surface area contributed by atoms with E-state index in [2.05, 4.69) is 15.9 Å². The van der Waals surface area contributed by atoms with E-state index in [9.17, 15) is 9.18 Å². The average molecular weight is 291 g/mol. The predicted molar refractivity (Wildman–Crippen MR) is 61.1 cm³/mol. The Balaban J connectivity index is 2.58. The van der Waals surface area contributed by atoms with Gasteiger partial charge in [0.15, 0.2) is 11.6 Å². The maximum absolute atomic E-state index is 13.3. The second-order valence-electron chi connectivity index (χ2n) is 3.44. The largest absolute Gasteiger partial charge is 0.488 e. The molecule has 1 aromatic carbocycles. The molecule has 0 radical (unpaired) electrons. The lowest BCUT2D eigenvalue weighted by molar-refractivity contribution is -0.137. The first-order valence-electron chi connectivity index (χ1n) is 4.82. The van der Waals surface area contributed by atoms with E-state index in [0.717, 1.165) is 0 Å². The Morgan fingerprint density at radius 1 is 1.62 bits per heavy atom. The molecule has 16 heavy (non-hydrogen) atoms. The highest BCUT2D eigenvalue weighted by atomic mass is 79.9. The van der Waals surface area contributed by atoms with Gasteiger partial charge in [-0.25, -0.2) is 4.39 Å². The number of carboxylic acids is 1. The fourth-order valence-corrected chi connectivity index (χ4v) is 1.51. The van der Waals surface area contributed by atoms with E-state index in [4.69, 9.17) is 9.84 Å². The Morgan fingerprint density at radius 3 is 2.94 bits per heavy atom. The molecule has 0 saturated carbocycles. The van der Waals surface area contributed by atoms with Crippen LogP contribution in [-0.2, 0) is 4.79 Å². The van der Waals surface area contributed by atoms with Gasteiger partial charge in [0.2, 0.25) is 0 Å². The van der Waals surface area contributed by atoms with Gasteiger partial charge in [0.25, 0.3) is 0 Å². The van der Waals surface area contributed by atoms with E-state index in [1.807, 2.05) is 0 Å². The van der Waals surface area contributed by atoms with E-state index >= 15 is 0 Å². The monoisotopic (exact) mass is 290 g/mol. The summed E-state index contributed by atoms with van der Waals surface area (Å²) in [7, 11) is 0. The molecule has 0 aliphatic carbocycles. The third-order valence-electron chi connectivity index (χ3n) is 1.99. The maximum Gasteiger partial charge on any atom is 0.303 e. The highest BCUT2D eigenvalue weighted by Gasteiger charge is 2.10. The molecule has 88 valence electrons. The van der Waals surface area contributed by atoms with Crippen molar-refractivity contribution >= 4 is 21.9 Å². The van der Waals surface area contributed by atoms with Crippen molar-refractivity contribution in [3.63, 3.8) is 0 Å². The highest BCUT2D eigenvalue weighted by Crippen LogP contribution is 2.23. The zero-order valence-electron chi connectivity index (χ0n) is 8.74. The van der Waals surface area contributed by atoms with Crippen molar-refractivity contribution < 1.29 is 19.0 Å². The van der Waals surface area contributed by atoms with E-state index in [-0.39, 0.29) is 18.3 Å². The Kier molecular flexibility index (Phi) is 4.73. The number of ether oxygens (including phenoxy) is 1. The molecule has 3 nitrogen and oxygen atoms in total. The third kappa shape index (κ3) is 4.18. The van der Waals surface area contributed by atoms with Crippen LogP contribution in [0.15, 0.2) is 22.7 Å². The van der Waals surface area contributed by atoms with E-state index in [0.29, 0.717) is 10.9 Å². The van der Waals surface area contributed by atoms with Crippen LogP contribution in [0.3, 0.4) is 0 Å². The van der Waals surface area contributed by atoms with Gasteiger partial charge in [0.05, 0.1) is 6.10 Å². The standard InChI is InChI=1S/C11H12BrFO3/c1-7(2-5-11(14)15)16-10-6-8(12)3-4-9(10)13/h3-4,6-7H,2,5H2,1H3,(H,14,15). The molecule has 0 fully saturated rings. The van der Waals surface area contributed by atoms with Crippen molar-refractivity contribution in [2.75, 3.05) is 0 Å². The number of hydrogen-bond acceptors (Lipinski definition) is 2. The topological polar surface area (TPSA) is 46.5 Å². The van der Waals surface area contributed by atoms with E-state index in [1.165, 1.54) is 12.1 Å². The van der Waals surface area contributed by atoms with Crippen LogP contribution in [0.1, 0.15) is 19.8 Å².